The fraction of sp³-hybridized carbons (Fsp3) is 0.533. The Morgan fingerprint density at radius 1 is 1.14 bits per heavy atom. The molecule has 1 aromatic carbocycles. The summed E-state index contributed by atoms with van der Waals surface area (Å²) < 4.78 is 31.8. The molecule has 1 N–H and O–H groups in total. The summed E-state index contributed by atoms with van der Waals surface area (Å²) in [5, 5.41) is 8.72. The molecule has 1 rings (SSSR count). The Labute approximate surface area is 131 Å². The van der Waals surface area contributed by atoms with E-state index in [0.717, 1.165) is 24.7 Å². The highest BCUT2D eigenvalue weighted by atomic mass is 32.2. The van der Waals surface area contributed by atoms with Crippen LogP contribution in [0.4, 0.5) is 0 Å². The third-order valence-corrected chi connectivity index (χ3v) is 3.52. The number of para-hydroxylation sites is 1. The van der Waals surface area contributed by atoms with E-state index in [1.54, 1.807) is 0 Å². The summed E-state index contributed by atoms with van der Waals surface area (Å²) in [6.07, 6.45) is 3.77. The van der Waals surface area contributed by atoms with Crippen LogP contribution in [-0.2, 0) is 25.5 Å². The van der Waals surface area contributed by atoms with Crippen molar-refractivity contribution in [1.82, 2.24) is 0 Å². The molecule has 0 unspecified atom stereocenters. The van der Waals surface area contributed by atoms with E-state index < -0.39 is 16.1 Å². The first-order chi connectivity index (χ1) is 10.4. The fourth-order valence-electron chi connectivity index (χ4n) is 1.87. The Morgan fingerprint density at radius 3 is 2.50 bits per heavy atom. The van der Waals surface area contributed by atoms with Crippen molar-refractivity contribution < 1.29 is 27.2 Å². The third kappa shape index (κ3) is 8.63. The van der Waals surface area contributed by atoms with Gasteiger partial charge in [-0.2, -0.15) is 8.42 Å². The maximum Gasteiger partial charge on any atom is 0.303 e. The summed E-state index contributed by atoms with van der Waals surface area (Å²) in [5.41, 5.74) is 0.880. The van der Waals surface area contributed by atoms with E-state index in [0.29, 0.717) is 25.2 Å². The normalized spacial score (nSPS) is 11.3. The first-order valence-electron chi connectivity index (χ1n) is 7.15. The van der Waals surface area contributed by atoms with E-state index >= 15 is 0 Å². The summed E-state index contributed by atoms with van der Waals surface area (Å²) in [7, 11) is -3.36. The Balaban J connectivity index is 2.26. The highest BCUT2D eigenvalue weighted by Crippen LogP contribution is 2.20. The number of carboxylic acid groups (broad SMARTS) is 1. The summed E-state index contributed by atoms with van der Waals surface area (Å²) in [6, 6.07) is 7.38. The third-order valence-electron chi connectivity index (χ3n) is 2.92. The average Bonchev–Trinajstić information content (AvgIpc) is 2.44. The van der Waals surface area contributed by atoms with Gasteiger partial charge in [-0.3, -0.25) is 8.98 Å². The minimum Gasteiger partial charge on any atom is -0.493 e. The second kappa shape index (κ2) is 9.42. The smallest absolute Gasteiger partial charge is 0.303 e. The second-order valence-electron chi connectivity index (χ2n) is 4.94. The van der Waals surface area contributed by atoms with Crippen molar-refractivity contribution in [3.63, 3.8) is 0 Å². The van der Waals surface area contributed by atoms with Crippen molar-refractivity contribution >= 4 is 16.1 Å². The molecule has 0 saturated carbocycles. The van der Waals surface area contributed by atoms with E-state index in [1.165, 1.54) is 0 Å². The first kappa shape index (κ1) is 18.4. The maximum absolute atomic E-state index is 10.8. The minimum absolute atomic E-state index is 0.0726. The Hall–Kier alpha value is -1.60. The maximum atomic E-state index is 10.8. The lowest BCUT2D eigenvalue weighted by Gasteiger charge is -2.10. The molecule has 0 fully saturated rings. The SMILES string of the molecule is CS(=O)(=O)OCCCCCOc1ccccc1CCC(=O)O. The molecule has 0 atom stereocenters. The lowest BCUT2D eigenvalue weighted by Crippen LogP contribution is -2.05. The molecule has 0 amide bonds. The quantitative estimate of drug-likeness (QED) is 0.494. The number of hydrogen-bond acceptors (Lipinski definition) is 5. The van der Waals surface area contributed by atoms with Gasteiger partial charge in [0.25, 0.3) is 10.1 Å². The molecule has 0 aromatic heterocycles. The van der Waals surface area contributed by atoms with Gasteiger partial charge in [0.1, 0.15) is 5.75 Å². The predicted octanol–water partition coefficient (Wildman–Crippen LogP) is 2.23. The van der Waals surface area contributed by atoms with Crippen LogP contribution in [0.25, 0.3) is 0 Å². The van der Waals surface area contributed by atoms with E-state index in [2.05, 4.69) is 4.18 Å². The van der Waals surface area contributed by atoms with Gasteiger partial charge in [-0.1, -0.05) is 18.2 Å². The number of ether oxygens (including phenoxy) is 1. The first-order valence-corrected chi connectivity index (χ1v) is 8.97. The van der Waals surface area contributed by atoms with Gasteiger partial charge in [0.15, 0.2) is 0 Å². The van der Waals surface area contributed by atoms with Crippen molar-refractivity contribution in [3.05, 3.63) is 29.8 Å². The monoisotopic (exact) mass is 330 g/mol. The van der Waals surface area contributed by atoms with Crippen molar-refractivity contribution in [2.75, 3.05) is 19.5 Å². The Bertz CT molecular complexity index is 567. The van der Waals surface area contributed by atoms with Crippen LogP contribution in [0.15, 0.2) is 24.3 Å². The largest absolute Gasteiger partial charge is 0.493 e. The molecule has 0 aliphatic heterocycles. The summed E-state index contributed by atoms with van der Waals surface area (Å²) in [6.45, 7) is 0.691. The van der Waals surface area contributed by atoms with E-state index in [4.69, 9.17) is 9.84 Å². The van der Waals surface area contributed by atoms with E-state index in [9.17, 15) is 13.2 Å². The zero-order valence-corrected chi connectivity index (χ0v) is 13.5. The van der Waals surface area contributed by atoms with Gasteiger partial charge in [0, 0.05) is 6.42 Å². The molecule has 22 heavy (non-hydrogen) atoms. The molecular formula is C15H22O6S. The predicted molar refractivity (Wildman–Crippen MR) is 82.5 cm³/mol. The molecule has 0 aliphatic carbocycles. The molecule has 124 valence electrons. The molecule has 0 heterocycles. The van der Waals surface area contributed by atoms with E-state index in [-0.39, 0.29) is 13.0 Å². The number of carboxylic acids is 1. The zero-order chi connectivity index (χ0) is 16.4. The average molecular weight is 330 g/mol. The molecule has 0 saturated heterocycles. The molecular weight excluding hydrogens is 308 g/mol. The van der Waals surface area contributed by atoms with Crippen molar-refractivity contribution in [3.8, 4) is 5.75 Å². The number of aryl methyl sites for hydroxylation is 1. The number of benzene rings is 1. The summed E-state index contributed by atoms with van der Waals surface area (Å²) in [5.74, 6) is -0.128. The molecule has 0 bridgehead atoms. The molecule has 0 spiro atoms. The van der Waals surface area contributed by atoms with E-state index in [1.807, 2.05) is 24.3 Å². The van der Waals surface area contributed by atoms with Gasteiger partial charge in [0.2, 0.25) is 0 Å². The second-order valence-corrected chi connectivity index (χ2v) is 6.58. The van der Waals surface area contributed by atoms with Crippen LogP contribution in [0.1, 0.15) is 31.2 Å². The minimum atomic E-state index is -3.36. The van der Waals surface area contributed by atoms with Crippen molar-refractivity contribution in [2.45, 2.75) is 32.1 Å². The topological polar surface area (TPSA) is 89.9 Å². The van der Waals surface area contributed by atoms with Crippen LogP contribution < -0.4 is 4.74 Å². The van der Waals surface area contributed by atoms with Crippen LogP contribution in [0, 0.1) is 0 Å². The van der Waals surface area contributed by atoms with Gasteiger partial charge >= 0.3 is 5.97 Å². The fourth-order valence-corrected chi connectivity index (χ4v) is 2.29. The van der Waals surface area contributed by atoms with Crippen LogP contribution in [0.3, 0.4) is 0 Å². The number of hydrogen-bond donors (Lipinski definition) is 1. The molecule has 7 heteroatoms. The molecule has 6 nitrogen and oxygen atoms in total. The van der Waals surface area contributed by atoms with Crippen LogP contribution in [0.2, 0.25) is 0 Å². The number of rotatable bonds is 11. The summed E-state index contributed by atoms with van der Waals surface area (Å²) >= 11 is 0. The number of aliphatic carboxylic acids is 1. The molecule has 0 aliphatic rings. The highest BCUT2D eigenvalue weighted by molar-refractivity contribution is 7.85. The van der Waals surface area contributed by atoms with Crippen molar-refractivity contribution in [2.24, 2.45) is 0 Å². The molecule has 1 aromatic rings. The zero-order valence-electron chi connectivity index (χ0n) is 12.7. The Morgan fingerprint density at radius 2 is 1.82 bits per heavy atom. The van der Waals surface area contributed by atoms with Gasteiger partial charge in [-0.05, 0) is 37.3 Å². The van der Waals surface area contributed by atoms with Crippen LogP contribution in [0.5, 0.6) is 5.75 Å². The van der Waals surface area contributed by atoms with Crippen molar-refractivity contribution in [1.29, 1.82) is 0 Å². The van der Waals surface area contributed by atoms with Gasteiger partial charge < -0.3 is 9.84 Å². The standard InChI is InChI=1S/C15H22O6S/c1-22(18,19)21-12-6-2-5-11-20-14-8-4-3-7-13(14)9-10-15(16)17/h3-4,7-8H,2,5-6,9-12H2,1H3,(H,16,17). The van der Waals surface area contributed by atoms with Gasteiger partial charge in [-0.25, -0.2) is 0 Å². The highest BCUT2D eigenvalue weighted by Gasteiger charge is 2.06. The van der Waals surface area contributed by atoms with Gasteiger partial charge in [-0.15, -0.1) is 0 Å². The summed E-state index contributed by atoms with van der Waals surface area (Å²) in [4.78, 5) is 10.6. The lowest BCUT2D eigenvalue weighted by atomic mass is 10.1. The Kier molecular flexibility index (Phi) is 7.90. The number of carbonyl (C=O) groups is 1. The van der Waals surface area contributed by atoms with Gasteiger partial charge in [0.05, 0.1) is 19.5 Å². The van der Waals surface area contributed by atoms with Crippen LogP contribution >= 0.6 is 0 Å². The number of unbranched alkanes of at least 4 members (excludes halogenated alkanes) is 2. The molecule has 0 radical (unpaired) electrons. The lowest BCUT2D eigenvalue weighted by molar-refractivity contribution is -0.136. The van der Waals surface area contributed by atoms with Crippen LogP contribution in [-0.4, -0.2) is 39.0 Å².